The van der Waals surface area contributed by atoms with Gasteiger partial charge >= 0.3 is 5.97 Å². The van der Waals surface area contributed by atoms with E-state index in [2.05, 4.69) is 10.6 Å². The van der Waals surface area contributed by atoms with Crippen molar-refractivity contribution in [1.29, 1.82) is 0 Å². The second-order valence-corrected chi connectivity index (χ2v) is 7.03. The smallest absolute Gasteiger partial charge is 0.303 e. The summed E-state index contributed by atoms with van der Waals surface area (Å²) in [5.74, 6) is -3.43. The van der Waals surface area contributed by atoms with E-state index in [-0.39, 0.29) is 12.8 Å². The normalized spacial score (nSPS) is 12.6. The quantitative estimate of drug-likeness (QED) is 0.269. The van der Waals surface area contributed by atoms with Gasteiger partial charge in [-0.2, -0.15) is 0 Å². The van der Waals surface area contributed by atoms with Crippen LogP contribution < -0.4 is 16.4 Å². The van der Waals surface area contributed by atoms with Gasteiger partial charge in [0.05, 0.1) is 6.04 Å². The first-order valence-electron chi connectivity index (χ1n) is 9.93. The zero-order chi connectivity index (χ0) is 21.6. The Labute approximate surface area is 171 Å². The van der Waals surface area contributed by atoms with E-state index in [1.54, 1.807) is 6.92 Å². The maximum atomic E-state index is 12.6. The van der Waals surface area contributed by atoms with Crippen LogP contribution in [0.5, 0.6) is 0 Å². The first kappa shape index (κ1) is 24.3. The van der Waals surface area contributed by atoms with E-state index in [0.717, 1.165) is 5.56 Å². The summed E-state index contributed by atoms with van der Waals surface area (Å²) in [6.45, 7) is 2.36. The fraction of sp³-hybridized carbons (Fsp3) is 0.524. The molecule has 0 fully saturated rings. The Morgan fingerprint density at radius 3 is 2.38 bits per heavy atom. The van der Waals surface area contributed by atoms with Crippen LogP contribution in [0, 0.1) is 5.92 Å². The number of amides is 2. The van der Waals surface area contributed by atoms with E-state index in [1.807, 2.05) is 30.3 Å². The average molecular weight is 405 g/mol. The maximum Gasteiger partial charge on any atom is 0.303 e. The molecular formula is C21H31N3O5. The number of carboxylic acids is 1. The average Bonchev–Trinajstić information content (AvgIpc) is 2.71. The Morgan fingerprint density at radius 1 is 1.07 bits per heavy atom. The van der Waals surface area contributed by atoms with Gasteiger partial charge in [-0.3, -0.25) is 19.2 Å². The third-order valence-electron chi connectivity index (χ3n) is 4.58. The number of Topliss-reactive ketones (excluding diaryl/α,β-unsaturated/α-hetero) is 1. The van der Waals surface area contributed by atoms with Crippen molar-refractivity contribution in [2.24, 2.45) is 11.7 Å². The van der Waals surface area contributed by atoms with Gasteiger partial charge in [-0.05, 0) is 44.2 Å². The highest BCUT2D eigenvalue weighted by Gasteiger charge is 2.28. The molecular weight excluding hydrogens is 374 g/mol. The number of rotatable bonds is 14. The van der Waals surface area contributed by atoms with Crippen molar-refractivity contribution in [3.8, 4) is 0 Å². The van der Waals surface area contributed by atoms with E-state index in [9.17, 15) is 19.2 Å². The van der Waals surface area contributed by atoms with Gasteiger partial charge in [0, 0.05) is 18.9 Å². The molecule has 160 valence electrons. The molecule has 0 aliphatic rings. The number of hydrogen-bond donors (Lipinski definition) is 4. The second kappa shape index (κ2) is 13.4. The van der Waals surface area contributed by atoms with Crippen LogP contribution in [0.3, 0.4) is 0 Å². The van der Waals surface area contributed by atoms with Crippen LogP contribution in [0.4, 0.5) is 0 Å². The summed E-state index contributed by atoms with van der Waals surface area (Å²) in [5.41, 5.74) is 6.52. The predicted octanol–water partition coefficient (Wildman–Crippen LogP) is 1.03. The first-order chi connectivity index (χ1) is 13.8. The number of benzene rings is 1. The first-order valence-corrected chi connectivity index (χ1v) is 9.93. The fourth-order valence-corrected chi connectivity index (χ4v) is 2.76. The molecule has 1 aromatic carbocycles. The number of hydrogen-bond acceptors (Lipinski definition) is 5. The Hall–Kier alpha value is -2.74. The minimum absolute atomic E-state index is 0.139. The predicted molar refractivity (Wildman–Crippen MR) is 109 cm³/mol. The van der Waals surface area contributed by atoms with Crippen molar-refractivity contribution in [2.45, 2.75) is 51.5 Å². The van der Waals surface area contributed by atoms with Gasteiger partial charge < -0.3 is 21.5 Å². The summed E-state index contributed by atoms with van der Waals surface area (Å²) in [7, 11) is 0. The molecule has 0 aromatic heterocycles. The van der Waals surface area contributed by atoms with E-state index < -0.39 is 35.5 Å². The van der Waals surface area contributed by atoms with Gasteiger partial charge in [0.2, 0.25) is 11.7 Å². The molecule has 0 saturated heterocycles. The van der Waals surface area contributed by atoms with Gasteiger partial charge in [0.1, 0.15) is 0 Å². The molecule has 1 aromatic rings. The highest BCUT2D eigenvalue weighted by Crippen LogP contribution is 2.09. The van der Waals surface area contributed by atoms with Crippen molar-refractivity contribution < 1.29 is 24.3 Å². The molecule has 0 saturated carbocycles. The molecule has 2 unspecified atom stereocenters. The topological polar surface area (TPSA) is 139 Å². The Balaban J connectivity index is 2.60. The van der Waals surface area contributed by atoms with E-state index in [0.29, 0.717) is 38.8 Å². The largest absolute Gasteiger partial charge is 0.481 e. The Bertz CT molecular complexity index is 678. The Kier molecular flexibility index (Phi) is 11.3. The number of carboxylic acid groups (broad SMARTS) is 1. The van der Waals surface area contributed by atoms with Crippen LogP contribution in [-0.2, 0) is 25.6 Å². The summed E-state index contributed by atoms with van der Waals surface area (Å²) in [5, 5.41) is 14.0. The molecule has 0 heterocycles. The van der Waals surface area contributed by atoms with E-state index in [1.165, 1.54) is 0 Å². The van der Waals surface area contributed by atoms with Crippen molar-refractivity contribution in [1.82, 2.24) is 10.6 Å². The fourth-order valence-electron chi connectivity index (χ4n) is 2.76. The minimum atomic E-state index is -0.988. The third-order valence-corrected chi connectivity index (χ3v) is 4.58. The van der Waals surface area contributed by atoms with Crippen molar-refractivity contribution in [3.63, 3.8) is 0 Å². The van der Waals surface area contributed by atoms with E-state index >= 15 is 0 Å². The van der Waals surface area contributed by atoms with Gasteiger partial charge in [-0.25, -0.2) is 0 Å². The molecule has 8 nitrogen and oxygen atoms in total. The number of aliphatic carboxylic acids is 1. The lowest BCUT2D eigenvalue weighted by Crippen LogP contribution is -2.49. The summed E-state index contributed by atoms with van der Waals surface area (Å²) in [4.78, 5) is 47.8. The zero-order valence-corrected chi connectivity index (χ0v) is 16.9. The van der Waals surface area contributed by atoms with Crippen LogP contribution in [0.15, 0.2) is 30.3 Å². The number of carbonyl (C=O) groups excluding carboxylic acids is 3. The van der Waals surface area contributed by atoms with Gasteiger partial charge in [0.25, 0.3) is 5.91 Å². The van der Waals surface area contributed by atoms with Crippen molar-refractivity contribution in [2.75, 3.05) is 13.1 Å². The lowest BCUT2D eigenvalue weighted by Gasteiger charge is -2.19. The summed E-state index contributed by atoms with van der Waals surface area (Å²) >= 11 is 0. The molecule has 2 atom stereocenters. The van der Waals surface area contributed by atoms with E-state index in [4.69, 9.17) is 10.8 Å². The minimum Gasteiger partial charge on any atom is -0.481 e. The summed E-state index contributed by atoms with van der Waals surface area (Å²) < 4.78 is 0. The molecule has 5 N–H and O–H groups in total. The third kappa shape index (κ3) is 9.84. The molecule has 0 aliphatic heterocycles. The molecule has 1 rings (SSSR count). The molecule has 0 radical (unpaired) electrons. The standard InChI is InChI=1S/C21H31N3O5/c1-15(10-11-18(25)26)20(28)24-17(9-5-6-13-22)19(27)21(29)23-14-12-16-7-3-2-4-8-16/h2-4,7-8,15,17H,5-6,9-14,22H2,1H3,(H,23,29)(H,24,28)(H,25,26). The molecule has 8 heteroatoms. The monoisotopic (exact) mass is 405 g/mol. The molecule has 0 bridgehead atoms. The van der Waals surface area contributed by atoms with Crippen molar-refractivity contribution >= 4 is 23.6 Å². The maximum absolute atomic E-state index is 12.6. The van der Waals surface area contributed by atoms with Gasteiger partial charge in [0.15, 0.2) is 0 Å². The molecule has 29 heavy (non-hydrogen) atoms. The number of nitrogens with two attached hydrogens (primary N) is 1. The highest BCUT2D eigenvalue weighted by molar-refractivity contribution is 6.38. The number of carbonyl (C=O) groups is 4. The van der Waals surface area contributed by atoms with Gasteiger partial charge in [-0.15, -0.1) is 0 Å². The number of ketones is 1. The lowest BCUT2D eigenvalue weighted by atomic mass is 10.0. The summed E-state index contributed by atoms with van der Waals surface area (Å²) in [6.07, 6.45) is 2.18. The number of nitrogens with one attached hydrogen (secondary N) is 2. The van der Waals surface area contributed by atoms with Crippen LogP contribution in [-0.4, -0.2) is 47.8 Å². The van der Waals surface area contributed by atoms with Crippen LogP contribution in [0.2, 0.25) is 0 Å². The van der Waals surface area contributed by atoms with Crippen LogP contribution in [0.1, 0.15) is 44.6 Å². The Morgan fingerprint density at radius 2 is 1.76 bits per heavy atom. The molecule has 2 amide bonds. The molecule has 0 spiro atoms. The van der Waals surface area contributed by atoms with Gasteiger partial charge in [-0.1, -0.05) is 37.3 Å². The zero-order valence-electron chi connectivity index (χ0n) is 16.9. The SMILES string of the molecule is CC(CCC(=O)O)C(=O)NC(CCCCN)C(=O)C(=O)NCCc1ccccc1. The second-order valence-electron chi connectivity index (χ2n) is 7.03. The van der Waals surface area contributed by atoms with Crippen molar-refractivity contribution in [3.05, 3.63) is 35.9 Å². The van der Waals surface area contributed by atoms with Crippen LogP contribution in [0.25, 0.3) is 0 Å². The molecule has 0 aliphatic carbocycles. The highest BCUT2D eigenvalue weighted by atomic mass is 16.4. The van der Waals surface area contributed by atoms with Crippen LogP contribution >= 0.6 is 0 Å². The number of unbranched alkanes of at least 4 members (excludes halogenated alkanes) is 1. The summed E-state index contributed by atoms with van der Waals surface area (Å²) in [6, 6.07) is 8.62. The lowest BCUT2D eigenvalue weighted by molar-refractivity contribution is -0.140.